The molecule has 5 rings (SSSR count). The van der Waals surface area contributed by atoms with E-state index in [1.807, 2.05) is 60.7 Å². The minimum atomic E-state index is -3.63. The first-order valence-corrected chi connectivity index (χ1v) is 20.8. The van der Waals surface area contributed by atoms with E-state index in [1.54, 1.807) is 40.7 Å². The van der Waals surface area contributed by atoms with Gasteiger partial charge in [-0.2, -0.15) is 0 Å². The molecule has 1 atom stereocenters. The van der Waals surface area contributed by atoms with Gasteiger partial charge in [-0.3, -0.25) is 0 Å². The third kappa shape index (κ3) is 8.29. The molecule has 0 saturated carbocycles. The van der Waals surface area contributed by atoms with Gasteiger partial charge in [0.2, 0.25) is 0 Å². The van der Waals surface area contributed by atoms with Gasteiger partial charge >= 0.3 is 12.1 Å². The fraction of sp³-hybridized carbons (Fsp3) is 0.436. The number of rotatable bonds is 8. The maximum atomic E-state index is 15.5. The lowest BCUT2D eigenvalue weighted by Gasteiger charge is -2.40. The number of alkyl carbamates (subject to hydrolysis) is 1. The number of hydrogen-bond acceptors (Lipinski definition) is 5. The molecule has 3 amide bonds. The summed E-state index contributed by atoms with van der Waals surface area (Å²) in [5, 5.41) is 8.97. The number of fused-ring (bicyclic) bond motifs is 2. The van der Waals surface area contributed by atoms with Crippen molar-refractivity contribution in [1.29, 1.82) is 0 Å². The molecule has 3 aromatic carbocycles. The zero-order valence-electron chi connectivity index (χ0n) is 30.2. The molecule has 3 aromatic rings. The van der Waals surface area contributed by atoms with Gasteiger partial charge in [-0.05, 0) is 117 Å². The molecule has 2 aliphatic rings. The Morgan fingerprint density at radius 2 is 1.31 bits per heavy atom. The highest BCUT2D eigenvalue weighted by atomic mass is 32.2. The Morgan fingerprint density at radius 3 is 1.78 bits per heavy atom. The van der Waals surface area contributed by atoms with Crippen molar-refractivity contribution in [2.75, 3.05) is 5.32 Å². The van der Waals surface area contributed by atoms with Crippen molar-refractivity contribution in [2.45, 2.75) is 110 Å². The molecule has 0 aromatic heterocycles. The molecule has 3 N–H and O–H groups in total. The Kier molecular flexibility index (Phi) is 10.2. The zero-order valence-corrected chi connectivity index (χ0v) is 32.1. The Hall–Kier alpha value is -3.89. The fourth-order valence-corrected chi connectivity index (χ4v) is 15.4. The fourth-order valence-electron chi connectivity index (χ4n) is 7.03. The number of carbonyl (C=O) groups is 2. The van der Waals surface area contributed by atoms with Crippen molar-refractivity contribution in [3.8, 4) is 0 Å². The van der Waals surface area contributed by atoms with Gasteiger partial charge in [-0.1, -0.05) is 87.5 Å². The number of benzene rings is 3. The van der Waals surface area contributed by atoms with Crippen LogP contribution in [0, 0.1) is 0 Å². The highest BCUT2D eigenvalue weighted by molar-refractivity contribution is 7.96. The van der Waals surface area contributed by atoms with Gasteiger partial charge in [0.1, 0.15) is 15.5 Å². The maximum Gasteiger partial charge on any atom is 0.408 e. The van der Waals surface area contributed by atoms with E-state index in [1.165, 1.54) is 27.7 Å². The normalized spacial score (nSPS) is 16.0. The van der Waals surface area contributed by atoms with E-state index in [0.717, 1.165) is 54.6 Å². The second kappa shape index (κ2) is 13.8. The predicted octanol–water partition coefficient (Wildman–Crippen LogP) is 7.55. The lowest BCUT2D eigenvalue weighted by Crippen LogP contribution is -2.64. The maximum absolute atomic E-state index is 15.5. The molecular formula is C39H52N4O4SSi. The monoisotopic (exact) mass is 700 g/mol. The summed E-state index contributed by atoms with van der Waals surface area (Å²) < 4.78 is 29.2. The molecule has 0 bridgehead atoms. The second-order valence-corrected chi connectivity index (χ2v) is 22.2. The smallest absolute Gasteiger partial charge is 0.408 e. The van der Waals surface area contributed by atoms with Crippen LogP contribution in [0.3, 0.4) is 0 Å². The number of hydrogen-bond donors (Lipinski definition) is 3. The zero-order chi connectivity index (χ0) is 35.7. The first kappa shape index (κ1) is 36.4. The van der Waals surface area contributed by atoms with Crippen LogP contribution in [0.4, 0.5) is 15.3 Å². The van der Waals surface area contributed by atoms with Crippen LogP contribution in [0.2, 0.25) is 5.04 Å². The number of anilines is 1. The Labute approximate surface area is 293 Å². The number of nitrogens with one attached hydrogen (secondary N) is 3. The van der Waals surface area contributed by atoms with E-state index >= 15 is 4.21 Å². The molecule has 10 heteroatoms. The van der Waals surface area contributed by atoms with Gasteiger partial charge in [-0.25, -0.2) is 22.5 Å². The van der Waals surface area contributed by atoms with Crippen LogP contribution in [0.1, 0.15) is 90.5 Å². The predicted molar refractivity (Wildman–Crippen MR) is 203 cm³/mol. The van der Waals surface area contributed by atoms with Gasteiger partial charge in [0, 0.05) is 11.1 Å². The highest BCUT2D eigenvalue weighted by Gasteiger charge is 2.50. The number of aryl methyl sites for hydroxylation is 2. The summed E-state index contributed by atoms with van der Waals surface area (Å²) in [7, 11) is -6.92. The quantitative estimate of drug-likeness (QED) is 0.211. The molecule has 262 valence electrons. The standard InChI is InChI=1S/C39H52N4O4SSi/c1-37(2,3)47-36(45)41-39(7,8)25-26-48(46,42-35(44)40-34-32-23-15-17-28(32)27-29-18-16-24-33(29)34)43-49(38(4,5)6,30-19-11-9-12-20-30)31-21-13-10-14-22-31/h9-14,19-22,25-27H,15-18,23-24H2,1-8H3,(H,41,45)(H2,40,42,43,44,46)/b26-25+. The highest BCUT2D eigenvalue weighted by Crippen LogP contribution is 2.40. The molecule has 1 unspecified atom stereocenters. The van der Waals surface area contributed by atoms with E-state index in [2.05, 4.69) is 42.2 Å². The summed E-state index contributed by atoms with van der Waals surface area (Å²) in [6.45, 7) is 15.3. The van der Waals surface area contributed by atoms with E-state index in [0.29, 0.717) is 0 Å². The van der Waals surface area contributed by atoms with Gasteiger partial charge in [0.05, 0.1) is 5.54 Å². The largest absolute Gasteiger partial charge is 0.444 e. The topological polar surface area (TPSA) is 109 Å². The van der Waals surface area contributed by atoms with E-state index < -0.39 is 46.5 Å². The second-order valence-electron chi connectivity index (χ2n) is 15.8. The number of carbonyl (C=O) groups excluding carboxylic acids is 2. The van der Waals surface area contributed by atoms with Crippen molar-refractivity contribution in [2.24, 2.45) is 4.03 Å². The summed E-state index contributed by atoms with van der Waals surface area (Å²) in [5.41, 5.74) is 4.16. The number of amides is 3. The van der Waals surface area contributed by atoms with Crippen molar-refractivity contribution in [3.05, 3.63) is 100 Å². The van der Waals surface area contributed by atoms with Gasteiger partial charge < -0.3 is 15.4 Å². The number of nitrogens with zero attached hydrogens (tertiary/aromatic N) is 1. The molecule has 0 radical (unpaired) electrons. The van der Waals surface area contributed by atoms with Crippen LogP contribution in [0.15, 0.2) is 82.2 Å². The van der Waals surface area contributed by atoms with E-state index in [9.17, 15) is 9.59 Å². The SMILES string of the molecule is CC(C)(/C=C/S(=O)(=N[Si](c1ccccc1)(c1ccccc1)C(C)(C)C)NC(=O)Nc1c2c(cc3c1CCC3)CCC2)NC(=O)OC(C)(C)C. The molecule has 49 heavy (non-hydrogen) atoms. The lowest BCUT2D eigenvalue weighted by atomic mass is 9.99. The van der Waals surface area contributed by atoms with E-state index in [4.69, 9.17) is 8.77 Å². The Balaban J connectivity index is 1.65. The minimum Gasteiger partial charge on any atom is -0.444 e. The summed E-state index contributed by atoms with van der Waals surface area (Å²) >= 11 is 0. The lowest BCUT2D eigenvalue weighted by molar-refractivity contribution is 0.0491. The summed E-state index contributed by atoms with van der Waals surface area (Å²) in [5.74, 6) is 0. The first-order chi connectivity index (χ1) is 22.9. The van der Waals surface area contributed by atoms with Crippen LogP contribution in [0.25, 0.3) is 0 Å². The van der Waals surface area contributed by atoms with Crippen LogP contribution in [0.5, 0.6) is 0 Å². The van der Waals surface area contributed by atoms with Crippen molar-refractivity contribution < 1.29 is 18.5 Å². The Bertz CT molecular complexity index is 1780. The third-order valence-corrected chi connectivity index (χ3v) is 16.9. The van der Waals surface area contributed by atoms with Crippen molar-refractivity contribution >= 4 is 46.3 Å². The Morgan fingerprint density at radius 1 is 0.796 bits per heavy atom. The van der Waals surface area contributed by atoms with Crippen molar-refractivity contribution in [3.63, 3.8) is 0 Å². The van der Waals surface area contributed by atoms with Crippen LogP contribution in [-0.4, -0.2) is 35.7 Å². The average molecular weight is 701 g/mol. The molecule has 0 fully saturated rings. The summed E-state index contributed by atoms with van der Waals surface area (Å²) in [4.78, 5) is 26.9. The molecule has 2 aliphatic carbocycles. The summed E-state index contributed by atoms with van der Waals surface area (Å²) in [6.07, 6.45) is 6.96. The molecule has 8 nitrogen and oxygen atoms in total. The number of urea groups is 1. The van der Waals surface area contributed by atoms with Gasteiger partial charge in [0.25, 0.3) is 8.24 Å². The molecule has 0 heterocycles. The average Bonchev–Trinajstić information content (AvgIpc) is 3.68. The molecule has 0 spiro atoms. The van der Waals surface area contributed by atoms with Gasteiger partial charge in [-0.15, -0.1) is 0 Å². The third-order valence-electron chi connectivity index (χ3n) is 9.18. The molecular weight excluding hydrogens is 649 g/mol. The van der Waals surface area contributed by atoms with Crippen LogP contribution in [-0.2, 0) is 40.3 Å². The van der Waals surface area contributed by atoms with Crippen molar-refractivity contribution in [1.82, 2.24) is 10.0 Å². The first-order valence-electron chi connectivity index (χ1n) is 17.3. The number of ether oxygens (including phenoxy) is 1. The minimum absolute atomic E-state index is 0.463. The summed E-state index contributed by atoms with van der Waals surface area (Å²) in [6, 6.07) is 21.7. The van der Waals surface area contributed by atoms with Crippen LogP contribution >= 0.6 is 0 Å². The van der Waals surface area contributed by atoms with Crippen LogP contribution < -0.4 is 25.7 Å². The molecule has 0 saturated heterocycles. The van der Waals surface area contributed by atoms with Gasteiger partial charge in [0.15, 0.2) is 0 Å². The van der Waals surface area contributed by atoms with E-state index in [-0.39, 0.29) is 0 Å². The molecule has 0 aliphatic heterocycles.